The Morgan fingerprint density at radius 2 is 1.88 bits per heavy atom. The number of hydrogen-bond donors (Lipinski definition) is 0. The molecule has 0 radical (unpaired) electrons. The summed E-state index contributed by atoms with van der Waals surface area (Å²) in [5.41, 5.74) is 0.614. The second-order valence-corrected chi connectivity index (χ2v) is 9.21. The number of benzene rings is 1. The molecule has 0 saturated carbocycles. The molecule has 0 aromatic heterocycles. The van der Waals surface area contributed by atoms with Crippen molar-refractivity contribution in [1.82, 2.24) is 9.21 Å². The van der Waals surface area contributed by atoms with Crippen LogP contribution < -0.4 is 0 Å². The van der Waals surface area contributed by atoms with Crippen LogP contribution in [-0.4, -0.2) is 69.7 Å². The van der Waals surface area contributed by atoms with Crippen molar-refractivity contribution in [2.45, 2.75) is 12.8 Å². The lowest BCUT2D eigenvalue weighted by Gasteiger charge is -2.42. The van der Waals surface area contributed by atoms with Crippen LogP contribution in [0.1, 0.15) is 23.2 Å². The van der Waals surface area contributed by atoms with Gasteiger partial charge in [0.05, 0.1) is 12.9 Å². The van der Waals surface area contributed by atoms with Gasteiger partial charge in [-0.25, -0.2) is 12.7 Å². The van der Waals surface area contributed by atoms with Crippen LogP contribution in [0.15, 0.2) is 30.3 Å². The molecular formula is C18H26N2O4S. The van der Waals surface area contributed by atoms with Crippen LogP contribution in [0.25, 0.3) is 0 Å². The van der Waals surface area contributed by atoms with Crippen LogP contribution in [0, 0.1) is 11.3 Å². The van der Waals surface area contributed by atoms with Gasteiger partial charge in [0.2, 0.25) is 10.0 Å². The molecule has 1 amide bonds. The maximum atomic E-state index is 12.6. The Hall–Kier alpha value is -1.44. The first-order valence-electron chi connectivity index (χ1n) is 8.64. The summed E-state index contributed by atoms with van der Waals surface area (Å²) in [6, 6.07) is 9.31. The standard InChI is InChI=1S/C18H26N2O4S/c1-24-13-16-12-20(25(2,22)23)14-18(16)8-10-19(11-9-18)17(21)15-6-4-3-5-7-15/h3-7,16H,8-14H2,1-2H3. The summed E-state index contributed by atoms with van der Waals surface area (Å²) in [5, 5.41) is 0. The summed E-state index contributed by atoms with van der Waals surface area (Å²) in [6.45, 7) is 2.92. The van der Waals surface area contributed by atoms with E-state index in [1.807, 2.05) is 35.2 Å². The van der Waals surface area contributed by atoms with Gasteiger partial charge in [-0.05, 0) is 30.4 Å². The topological polar surface area (TPSA) is 66.9 Å². The van der Waals surface area contributed by atoms with E-state index in [0.717, 1.165) is 12.8 Å². The highest BCUT2D eigenvalue weighted by molar-refractivity contribution is 7.88. The van der Waals surface area contributed by atoms with Crippen LogP contribution in [0.5, 0.6) is 0 Å². The van der Waals surface area contributed by atoms with Gasteiger partial charge in [-0.2, -0.15) is 0 Å². The molecule has 1 aromatic carbocycles. The van der Waals surface area contributed by atoms with Gasteiger partial charge in [-0.3, -0.25) is 4.79 Å². The molecule has 0 N–H and O–H groups in total. The number of sulfonamides is 1. The zero-order valence-corrected chi connectivity index (χ0v) is 15.7. The average Bonchev–Trinajstić information content (AvgIpc) is 2.95. The SMILES string of the molecule is COCC1CN(S(C)(=O)=O)CC12CCN(C(=O)c1ccccc1)CC2. The van der Waals surface area contributed by atoms with Crippen molar-refractivity contribution in [3.8, 4) is 0 Å². The first-order chi connectivity index (χ1) is 11.9. The van der Waals surface area contributed by atoms with E-state index in [9.17, 15) is 13.2 Å². The molecule has 2 aliphatic heterocycles. The quantitative estimate of drug-likeness (QED) is 0.809. The van der Waals surface area contributed by atoms with Crippen molar-refractivity contribution < 1.29 is 17.9 Å². The maximum Gasteiger partial charge on any atom is 0.253 e. The van der Waals surface area contributed by atoms with Gasteiger partial charge < -0.3 is 9.64 Å². The summed E-state index contributed by atoms with van der Waals surface area (Å²) in [7, 11) is -1.55. The fourth-order valence-electron chi connectivity index (χ4n) is 4.15. The van der Waals surface area contributed by atoms with Gasteiger partial charge >= 0.3 is 0 Å². The Bertz CT molecular complexity index is 712. The first-order valence-corrected chi connectivity index (χ1v) is 10.5. The Balaban J connectivity index is 1.71. The lowest BCUT2D eigenvalue weighted by Crippen LogP contribution is -2.47. The van der Waals surface area contributed by atoms with Gasteiger partial charge in [0.25, 0.3) is 5.91 Å². The summed E-state index contributed by atoms with van der Waals surface area (Å²) in [5.74, 6) is 0.234. The molecule has 0 bridgehead atoms. The van der Waals surface area contributed by atoms with Crippen molar-refractivity contribution in [2.24, 2.45) is 11.3 Å². The molecule has 6 nitrogen and oxygen atoms in total. The van der Waals surface area contributed by atoms with Gasteiger partial charge in [0.15, 0.2) is 0 Å². The zero-order chi connectivity index (χ0) is 18.1. The summed E-state index contributed by atoms with van der Waals surface area (Å²) < 4.78 is 30.9. The molecule has 25 heavy (non-hydrogen) atoms. The number of carbonyl (C=O) groups excluding carboxylic acids is 1. The number of piperidine rings is 1. The predicted molar refractivity (Wildman–Crippen MR) is 95.8 cm³/mol. The lowest BCUT2D eigenvalue weighted by molar-refractivity contribution is 0.0327. The van der Waals surface area contributed by atoms with E-state index in [-0.39, 0.29) is 17.2 Å². The Morgan fingerprint density at radius 1 is 1.24 bits per heavy atom. The first kappa shape index (κ1) is 18.4. The van der Waals surface area contributed by atoms with Crippen molar-refractivity contribution in [2.75, 3.05) is 46.2 Å². The third-order valence-corrected chi connectivity index (χ3v) is 6.90. The van der Waals surface area contributed by atoms with Crippen molar-refractivity contribution in [1.29, 1.82) is 0 Å². The minimum Gasteiger partial charge on any atom is -0.384 e. The largest absolute Gasteiger partial charge is 0.384 e. The molecule has 2 aliphatic rings. The monoisotopic (exact) mass is 366 g/mol. The fraction of sp³-hybridized carbons (Fsp3) is 0.611. The van der Waals surface area contributed by atoms with Crippen LogP contribution in [0.4, 0.5) is 0 Å². The van der Waals surface area contributed by atoms with Crippen LogP contribution >= 0.6 is 0 Å². The highest BCUT2D eigenvalue weighted by Gasteiger charge is 2.50. The second-order valence-electron chi connectivity index (χ2n) is 7.23. The number of methoxy groups -OCH3 is 1. The van der Waals surface area contributed by atoms with Gasteiger partial charge in [0.1, 0.15) is 0 Å². The second kappa shape index (κ2) is 7.05. The van der Waals surface area contributed by atoms with Crippen LogP contribution in [0.3, 0.4) is 0 Å². The van der Waals surface area contributed by atoms with Crippen molar-refractivity contribution in [3.63, 3.8) is 0 Å². The van der Waals surface area contributed by atoms with E-state index in [1.165, 1.54) is 6.26 Å². The summed E-state index contributed by atoms with van der Waals surface area (Å²) >= 11 is 0. The van der Waals surface area contributed by atoms with Gasteiger partial charge in [-0.1, -0.05) is 18.2 Å². The van der Waals surface area contributed by atoms with Gasteiger partial charge in [0, 0.05) is 44.8 Å². The van der Waals surface area contributed by atoms with Crippen LogP contribution in [-0.2, 0) is 14.8 Å². The van der Waals surface area contributed by atoms with E-state index in [1.54, 1.807) is 11.4 Å². The summed E-state index contributed by atoms with van der Waals surface area (Å²) in [4.78, 5) is 14.5. The molecule has 0 aliphatic carbocycles. The molecule has 2 heterocycles. The molecule has 1 atom stereocenters. The normalized spacial score (nSPS) is 23.9. The molecule has 2 fully saturated rings. The van der Waals surface area contributed by atoms with Crippen LogP contribution in [0.2, 0.25) is 0 Å². The minimum atomic E-state index is -3.20. The average molecular weight is 366 g/mol. The van der Waals surface area contributed by atoms with E-state index in [4.69, 9.17) is 4.74 Å². The molecule has 1 unspecified atom stereocenters. The Kier molecular flexibility index (Phi) is 5.18. The van der Waals surface area contributed by atoms with E-state index in [0.29, 0.717) is 38.3 Å². The van der Waals surface area contributed by atoms with Crippen molar-refractivity contribution >= 4 is 15.9 Å². The third kappa shape index (κ3) is 3.73. The van der Waals surface area contributed by atoms with Gasteiger partial charge in [-0.15, -0.1) is 0 Å². The molecule has 2 saturated heterocycles. The smallest absolute Gasteiger partial charge is 0.253 e. The van der Waals surface area contributed by atoms with Crippen molar-refractivity contribution in [3.05, 3.63) is 35.9 Å². The molecule has 1 spiro atoms. The molecule has 7 heteroatoms. The molecule has 138 valence electrons. The number of hydrogen-bond acceptors (Lipinski definition) is 4. The number of ether oxygens (including phenoxy) is 1. The number of carbonyl (C=O) groups is 1. The lowest BCUT2D eigenvalue weighted by atomic mass is 9.71. The molecule has 1 aromatic rings. The summed E-state index contributed by atoms with van der Waals surface area (Å²) in [6.07, 6.45) is 2.89. The zero-order valence-electron chi connectivity index (χ0n) is 14.8. The highest BCUT2D eigenvalue weighted by atomic mass is 32.2. The Labute approximate surface area is 149 Å². The minimum absolute atomic E-state index is 0.0525. The highest BCUT2D eigenvalue weighted by Crippen LogP contribution is 2.45. The molecular weight excluding hydrogens is 340 g/mol. The number of nitrogens with zero attached hydrogens (tertiary/aromatic N) is 2. The fourth-order valence-corrected chi connectivity index (χ4v) is 5.09. The Morgan fingerprint density at radius 3 is 2.44 bits per heavy atom. The maximum absolute atomic E-state index is 12.6. The third-order valence-electron chi connectivity index (χ3n) is 5.69. The molecule has 3 rings (SSSR count). The van der Waals surface area contributed by atoms with E-state index < -0.39 is 10.0 Å². The number of rotatable bonds is 4. The van der Waals surface area contributed by atoms with E-state index in [2.05, 4.69) is 0 Å². The predicted octanol–water partition coefficient (Wildman–Crippen LogP) is 1.45. The number of amides is 1. The van der Waals surface area contributed by atoms with E-state index >= 15 is 0 Å². The number of likely N-dealkylation sites (tertiary alicyclic amines) is 1.